The summed E-state index contributed by atoms with van der Waals surface area (Å²) in [6.45, 7) is 0. The van der Waals surface area contributed by atoms with E-state index in [4.69, 9.17) is 11.6 Å². The molecule has 3 amide bonds. The highest BCUT2D eigenvalue weighted by Crippen LogP contribution is 2.38. The molecule has 2 aliphatic rings. The Morgan fingerprint density at radius 2 is 1.83 bits per heavy atom. The number of amides is 3. The van der Waals surface area contributed by atoms with Gasteiger partial charge in [0, 0.05) is 54.0 Å². The Hall–Kier alpha value is -4.41. The van der Waals surface area contributed by atoms with Crippen LogP contribution < -0.4 is 15.1 Å². The quantitative estimate of drug-likeness (QED) is 0.357. The average molecular weight is 670 g/mol. The molecule has 2 atom stereocenters. The minimum Gasteiger partial charge on any atom is -0.351 e. The van der Waals surface area contributed by atoms with E-state index in [9.17, 15) is 36.8 Å². The number of sulfone groups is 1. The summed E-state index contributed by atoms with van der Waals surface area (Å²) in [5.74, 6) is -4.68. The third kappa shape index (κ3) is 7.03. The molecule has 3 aromatic rings. The van der Waals surface area contributed by atoms with Crippen LogP contribution in [0.15, 0.2) is 71.8 Å². The van der Waals surface area contributed by atoms with Gasteiger partial charge in [-0.15, -0.1) is 0 Å². The molecule has 240 valence electrons. The number of nitriles is 1. The molecule has 1 aromatic heterocycles. The van der Waals surface area contributed by atoms with Gasteiger partial charge in [-0.05, 0) is 55.7 Å². The molecule has 0 unspecified atom stereocenters. The number of hydrogen-bond donors (Lipinski definition) is 1. The first-order valence-corrected chi connectivity index (χ1v) is 16.8. The van der Waals surface area contributed by atoms with E-state index in [0.29, 0.717) is 0 Å². The van der Waals surface area contributed by atoms with Crippen LogP contribution in [0.5, 0.6) is 0 Å². The van der Waals surface area contributed by atoms with E-state index in [1.807, 2.05) is 6.07 Å². The molecule has 2 aromatic carbocycles. The molecule has 46 heavy (non-hydrogen) atoms. The number of hydrogen-bond acceptors (Lipinski definition) is 7. The number of nitrogens with one attached hydrogen (secondary N) is 1. The van der Waals surface area contributed by atoms with Crippen molar-refractivity contribution in [2.24, 2.45) is 0 Å². The third-order valence-electron chi connectivity index (χ3n) is 8.15. The zero-order valence-corrected chi connectivity index (χ0v) is 26.3. The second-order valence-corrected chi connectivity index (χ2v) is 13.8. The number of anilines is 2. The topological polar surface area (TPSA) is 141 Å². The number of pyridine rings is 1. The Morgan fingerprint density at radius 1 is 1.11 bits per heavy atom. The summed E-state index contributed by atoms with van der Waals surface area (Å²) in [6.07, 6.45) is 1.53. The van der Waals surface area contributed by atoms with Crippen molar-refractivity contribution in [3.8, 4) is 6.07 Å². The highest BCUT2D eigenvalue weighted by molar-refractivity contribution is 7.90. The molecule has 1 aliphatic carbocycles. The van der Waals surface area contributed by atoms with Crippen molar-refractivity contribution in [2.45, 2.75) is 67.5 Å². The van der Waals surface area contributed by atoms with Crippen molar-refractivity contribution in [3.63, 3.8) is 0 Å². The fourth-order valence-corrected chi connectivity index (χ4v) is 6.71. The van der Waals surface area contributed by atoms with E-state index in [1.54, 1.807) is 12.1 Å². The summed E-state index contributed by atoms with van der Waals surface area (Å²) in [7, 11) is -3.77. The minimum absolute atomic E-state index is 0.0112. The summed E-state index contributed by atoms with van der Waals surface area (Å²) in [4.78, 5) is 48.5. The second-order valence-electron chi connectivity index (χ2n) is 11.4. The first kappa shape index (κ1) is 33.0. The van der Waals surface area contributed by atoms with Crippen molar-refractivity contribution in [2.75, 3.05) is 16.1 Å². The first-order chi connectivity index (χ1) is 21.8. The first-order valence-electron chi connectivity index (χ1n) is 14.5. The number of carbonyl (C=O) groups excluding carboxylic acids is 3. The molecular formula is C32H30ClF2N5O5S. The van der Waals surface area contributed by atoms with E-state index in [1.165, 1.54) is 59.6 Å². The lowest BCUT2D eigenvalue weighted by atomic mass is 9.91. The maximum absolute atomic E-state index is 14.8. The Labute approximate surface area is 269 Å². The van der Waals surface area contributed by atoms with E-state index >= 15 is 0 Å². The summed E-state index contributed by atoms with van der Waals surface area (Å²) in [6, 6.07) is 13.3. The minimum atomic E-state index is -3.77. The van der Waals surface area contributed by atoms with Gasteiger partial charge in [0.2, 0.25) is 17.7 Å². The smallest absolute Gasteiger partial charge is 0.251 e. The second kappa shape index (κ2) is 13.1. The van der Waals surface area contributed by atoms with Crippen molar-refractivity contribution in [3.05, 3.63) is 83.0 Å². The SMILES string of the molecule is CS(=O)(=O)c1cccc(N(C(=O)[C@@H]2CCC(=O)N2c2cc(C#N)ccn2)[C@H](C(=O)NC2CCC(F)(F)CC2)c2ccccc2Cl)c1. The van der Waals surface area contributed by atoms with E-state index in [2.05, 4.69) is 10.3 Å². The average Bonchev–Trinajstić information content (AvgIpc) is 3.42. The number of benzene rings is 2. The Bertz CT molecular complexity index is 1820. The molecule has 5 rings (SSSR count). The van der Waals surface area contributed by atoms with Gasteiger partial charge < -0.3 is 5.32 Å². The predicted molar refractivity (Wildman–Crippen MR) is 166 cm³/mol. The maximum atomic E-state index is 14.8. The molecule has 10 nitrogen and oxygen atoms in total. The van der Waals surface area contributed by atoms with Gasteiger partial charge in [0.05, 0.1) is 16.5 Å². The fourth-order valence-electron chi connectivity index (χ4n) is 5.81. The number of rotatable bonds is 8. The largest absolute Gasteiger partial charge is 0.351 e. The standard InChI is InChI=1S/C32H30ClF2N5O5S/c1-46(44,45)23-6-4-5-22(18-23)39(31(43)26-9-10-28(41)40(26)27-17-20(19-36)13-16-37-27)29(24-7-2-3-8-25(24)33)30(42)38-21-11-14-32(34,35)15-12-21/h2-8,13,16-18,21,26,29H,9-12,14-15H2,1H3,(H,38,42)/t26-,29-/m0/s1. The van der Waals surface area contributed by atoms with Crippen LogP contribution in [-0.2, 0) is 24.2 Å². The maximum Gasteiger partial charge on any atom is 0.251 e. The van der Waals surface area contributed by atoms with Crippen LogP contribution in [0, 0.1) is 11.3 Å². The summed E-state index contributed by atoms with van der Waals surface area (Å²) in [5.41, 5.74) is 0.433. The summed E-state index contributed by atoms with van der Waals surface area (Å²) in [5, 5.41) is 12.4. The van der Waals surface area contributed by atoms with Crippen LogP contribution in [-0.4, -0.2) is 55.4 Å². The Balaban J connectivity index is 1.65. The van der Waals surface area contributed by atoms with Crippen molar-refractivity contribution < 1.29 is 31.6 Å². The van der Waals surface area contributed by atoms with Crippen LogP contribution in [0.3, 0.4) is 0 Å². The monoisotopic (exact) mass is 669 g/mol. The molecule has 1 saturated heterocycles. The molecular weight excluding hydrogens is 640 g/mol. The van der Waals surface area contributed by atoms with Crippen LogP contribution in [0.25, 0.3) is 0 Å². The molecule has 1 N–H and O–H groups in total. The number of carbonyl (C=O) groups is 3. The van der Waals surface area contributed by atoms with E-state index < -0.39 is 64.4 Å². The van der Waals surface area contributed by atoms with Crippen LogP contribution in [0.1, 0.15) is 55.7 Å². The highest BCUT2D eigenvalue weighted by atomic mass is 35.5. The predicted octanol–water partition coefficient (Wildman–Crippen LogP) is 4.97. The molecule has 1 aliphatic heterocycles. The van der Waals surface area contributed by atoms with E-state index in [-0.39, 0.29) is 58.2 Å². The van der Waals surface area contributed by atoms with Crippen molar-refractivity contribution in [1.29, 1.82) is 5.26 Å². The summed E-state index contributed by atoms with van der Waals surface area (Å²) < 4.78 is 53.0. The van der Waals surface area contributed by atoms with E-state index in [0.717, 1.165) is 11.2 Å². The fraction of sp³-hybridized carbons (Fsp3) is 0.344. The lowest BCUT2D eigenvalue weighted by Gasteiger charge is -2.37. The zero-order chi connectivity index (χ0) is 33.2. The molecule has 0 bridgehead atoms. The Kier molecular flexibility index (Phi) is 9.42. The van der Waals surface area contributed by atoms with Gasteiger partial charge in [-0.3, -0.25) is 24.2 Å². The van der Waals surface area contributed by atoms with Gasteiger partial charge >= 0.3 is 0 Å². The van der Waals surface area contributed by atoms with Crippen LogP contribution in [0.2, 0.25) is 5.02 Å². The normalized spacial score (nSPS) is 18.9. The molecule has 1 saturated carbocycles. The lowest BCUT2D eigenvalue weighted by Crippen LogP contribution is -2.53. The van der Waals surface area contributed by atoms with Crippen molar-refractivity contribution >= 4 is 50.7 Å². The van der Waals surface area contributed by atoms with Gasteiger partial charge in [0.25, 0.3) is 5.91 Å². The lowest BCUT2D eigenvalue weighted by molar-refractivity contribution is -0.128. The Morgan fingerprint density at radius 3 is 2.50 bits per heavy atom. The number of nitrogens with zero attached hydrogens (tertiary/aromatic N) is 4. The van der Waals surface area contributed by atoms with Crippen LogP contribution >= 0.6 is 11.6 Å². The number of alkyl halides is 2. The van der Waals surface area contributed by atoms with Crippen LogP contribution in [0.4, 0.5) is 20.3 Å². The van der Waals surface area contributed by atoms with Gasteiger partial charge in [0.1, 0.15) is 17.9 Å². The number of halogens is 3. The molecule has 2 fully saturated rings. The van der Waals surface area contributed by atoms with Gasteiger partial charge in [-0.25, -0.2) is 22.2 Å². The molecule has 14 heteroatoms. The van der Waals surface area contributed by atoms with Gasteiger partial charge in [0.15, 0.2) is 9.84 Å². The molecule has 2 heterocycles. The van der Waals surface area contributed by atoms with Gasteiger partial charge in [-0.2, -0.15) is 5.26 Å². The zero-order valence-electron chi connectivity index (χ0n) is 24.7. The molecule has 0 spiro atoms. The third-order valence-corrected chi connectivity index (χ3v) is 9.60. The van der Waals surface area contributed by atoms with Crippen molar-refractivity contribution in [1.82, 2.24) is 10.3 Å². The summed E-state index contributed by atoms with van der Waals surface area (Å²) >= 11 is 6.61. The highest BCUT2D eigenvalue weighted by Gasteiger charge is 2.45. The number of aromatic nitrogens is 1. The van der Waals surface area contributed by atoms with Gasteiger partial charge in [-0.1, -0.05) is 35.9 Å². The molecule has 0 radical (unpaired) electrons.